The maximum atomic E-state index is 12.0. The van der Waals surface area contributed by atoms with Gasteiger partial charge in [0.1, 0.15) is 0 Å². The topological polar surface area (TPSA) is 66.9 Å². The molecule has 0 bridgehead atoms. The van der Waals surface area contributed by atoms with Crippen LogP contribution in [0.3, 0.4) is 0 Å². The molecule has 2 N–H and O–H groups in total. The molecule has 0 aliphatic carbocycles. The molecule has 136 valence electrons. The first-order valence-electron chi connectivity index (χ1n) is 8.60. The van der Waals surface area contributed by atoms with E-state index in [9.17, 15) is 4.79 Å². The van der Waals surface area contributed by atoms with Gasteiger partial charge in [-0.1, -0.05) is 68.0 Å². The fraction of sp³-hybridized carbons (Fsp3) is 0.500. The third-order valence-corrected chi connectivity index (χ3v) is 5.56. The van der Waals surface area contributed by atoms with Crippen LogP contribution in [0.5, 0.6) is 0 Å². The number of hydrogen-bond donors (Lipinski definition) is 2. The average molecular weight is 379 g/mol. The lowest BCUT2D eigenvalue weighted by Crippen LogP contribution is -2.33. The average Bonchev–Trinajstić information content (AvgIpc) is 3.01. The molecule has 1 aromatic heterocycles. The van der Waals surface area contributed by atoms with Crippen LogP contribution in [0, 0.1) is 5.92 Å². The number of para-hydroxylation sites is 1. The van der Waals surface area contributed by atoms with Crippen LogP contribution in [-0.4, -0.2) is 27.9 Å². The molecule has 0 saturated heterocycles. The second-order valence-electron chi connectivity index (χ2n) is 6.45. The molecule has 0 aliphatic heterocycles. The summed E-state index contributed by atoms with van der Waals surface area (Å²) in [5.74, 6) is 1.14. The quantitative estimate of drug-likeness (QED) is 0.586. The third-order valence-electron chi connectivity index (χ3n) is 3.58. The van der Waals surface area contributed by atoms with Gasteiger partial charge in [-0.15, -0.1) is 10.2 Å². The Morgan fingerprint density at radius 3 is 2.64 bits per heavy atom. The van der Waals surface area contributed by atoms with Gasteiger partial charge in [-0.05, 0) is 31.4 Å². The lowest BCUT2D eigenvalue weighted by molar-refractivity contribution is -0.119. The monoisotopic (exact) mass is 378 g/mol. The molecule has 25 heavy (non-hydrogen) atoms. The fourth-order valence-corrected chi connectivity index (χ4v) is 3.90. The predicted octanol–water partition coefficient (Wildman–Crippen LogP) is 4.70. The molecule has 1 aromatic carbocycles. The van der Waals surface area contributed by atoms with E-state index in [2.05, 4.69) is 41.6 Å². The summed E-state index contributed by atoms with van der Waals surface area (Å²) in [7, 11) is 0. The Morgan fingerprint density at radius 1 is 1.16 bits per heavy atom. The lowest BCUT2D eigenvalue weighted by Gasteiger charge is -2.14. The summed E-state index contributed by atoms with van der Waals surface area (Å²) in [4.78, 5) is 12.0. The largest absolute Gasteiger partial charge is 0.353 e. The summed E-state index contributed by atoms with van der Waals surface area (Å²) >= 11 is 2.88. The molecule has 1 amide bonds. The molecule has 0 radical (unpaired) electrons. The van der Waals surface area contributed by atoms with E-state index in [4.69, 9.17) is 0 Å². The molecule has 0 aliphatic rings. The van der Waals surface area contributed by atoms with Crippen LogP contribution < -0.4 is 10.6 Å². The van der Waals surface area contributed by atoms with Crippen molar-refractivity contribution in [3.8, 4) is 0 Å². The number of amides is 1. The summed E-state index contributed by atoms with van der Waals surface area (Å²) < 4.78 is 0.793. The van der Waals surface area contributed by atoms with Crippen molar-refractivity contribution in [2.75, 3.05) is 11.1 Å². The second kappa shape index (κ2) is 10.4. The molecular formula is C18H26N4OS2. The SMILES string of the molecule is CC(C)CCC[C@H](C)NC(=O)CSc1nnc(Nc2ccccc2)s1. The molecular weight excluding hydrogens is 352 g/mol. The molecule has 2 aromatic rings. The minimum Gasteiger partial charge on any atom is -0.353 e. The molecule has 1 atom stereocenters. The number of nitrogens with one attached hydrogen (secondary N) is 2. The van der Waals surface area contributed by atoms with E-state index in [1.54, 1.807) is 0 Å². The van der Waals surface area contributed by atoms with Crippen LogP contribution in [0.4, 0.5) is 10.8 Å². The minimum atomic E-state index is 0.0508. The van der Waals surface area contributed by atoms with Gasteiger partial charge in [-0.2, -0.15) is 0 Å². The van der Waals surface area contributed by atoms with Gasteiger partial charge in [0.25, 0.3) is 0 Å². The van der Waals surface area contributed by atoms with Gasteiger partial charge in [0, 0.05) is 11.7 Å². The summed E-state index contributed by atoms with van der Waals surface area (Å²) in [6, 6.07) is 10.1. The van der Waals surface area contributed by atoms with Gasteiger partial charge in [0.2, 0.25) is 11.0 Å². The highest BCUT2D eigenvalue weighted by Gasteiger charge is 2.11. The Kier molecular flexibility index (Phi) is 8.21. The Balaban J connectivity index is 1.69. The van der Waals surface area contributed by atoms with Crippen LogP contribution >= 0.6 is 23.1 Å². The van der Waals surface area contributed by atoms with E-state index in [0.717, 1.165) is 33.9 Å². The van der Waals surface area contributed by atoms with E-state index >= 15 is 0 Å². The first-order chi connectivity index (χ1) is 12.0. The number of rotatable bonds is 10. The Bertz CT molecular complexity index is 646. The lowest BCUT2D eigenvalue weighted by atomic mass is 10.0. The zero-order chi connectivity index (χ0) is 18.1. The zero-order valence-corrected chi connectivity index (χ0v) is 16.6. The van der Waals surface area contributed by atoms with Crippen LogP contribution in [0.2, 0.25) is 0 Å². The van der Waals surface area contributed by atoms with Crippen molar-refractivity contribution < 1.29 is 4.79 Å². The van der Waals surface area contributed by atoms with Gasteiger partial charge < -0.3 is 10.6 Å². The molecule has 1 heterocycles. The molecule has 2 rings (SSSR count). The van der Waals surface area contributed by atoms with Crippen molar-refractivity contribution in [3.63, 3.8) is 0 Å². The highest BCUT2D eigenvalue weighted by molar-refractivity contribution is 8.01. The van der Waals surface area contributed by atoms with Gasteiger partial charge in [0.15, 0.2) is 4.34 Å². The van der Waals surface area contributed by atoms with E-state index in [1.807, 2.05) is 30.3 Å². The molecule has 0 spiro atoms. The molecule has 7 heteroatoms. The van der Waals surface area contributed by atoms with Crippen molar-refractivity contribution in [3.05, 3.63) is 30.3 Å². The summed E-state index contributed by atoms with van der Waals surface area (Å²) in [5, 5.41) is 15.2. The predicted molar refractivity (Wildman–Crippen MR) is 107 cm³/mol. The van der Waals surface area contributed by atoms with E-state index in [1.165, 1.54) is 29.5 Å². The van der Waals surface area contributed by atoms with Crippen LogP contribution in [0.1, 0.15) is 40.0 Å². The van der Waals surface area contributed by atoms with Crippen molar-refractivity contribution in [1.29, 1.82) is 0 Å². The summed E-state index contributed by atoms with van der Waals surface area (Å²) in [5.41, 5.74) is 0.975. The maximum absolute atomic E-state index is 12.0. The third kappa shape index (κ3) is 7.88. The maximum Gasteiger partial charge on any atom is 0.230 e. The van der Waals surface area contributed by atoms with Crippen molar-refractivity contribution in [2.45, 2.75) is 50.4 Å². The highest BCUT2D eigenvalue weighted by Crippen LogP contribution is 2.27. The fourth-order valence-electron chi connectivity index (χ4n) is 2.31. The standard InChI is InChI=1S/C18H26N4OS2/c1-13(2)8-7-9-14(3)19-16(23)12-24-18-22-21-17(25-18)20-15-10-5-4-6-11-15/h4-6,10-11,13-14H,7-9,12H2,1-3H3,(H,19,23)(H,20,21)/t14-/m0/s1. The molecule has 0 unspecified atom stereocenters. The van der Waals surface area contributed by atoms with Gasteiger partial charge >= 0.3 is 0 Å². The number of aromatic nitrogens is 2. The van der Waals surface area contributed by atoms with Crippen molar-refractivity contribution in [1.82, 2.24) is 15.5 Å². The number of carbonyl (C=O) groups is 1. The summed E-state index contributed by atoms with van der Waals surface area (Å²) in [6.07, 6.45) is 3.38. The Hall–Kier alpha value is -1.60. The molecule has 0 fully saturated rings. The first-order valence-corrected chi connectivity index (χ1v) is 10.4. The van der Waals surface area contributed by atoms with Crippen molar-refractivity contribution in [2.24, 2.45) is 5.92 Å². The number of nitrogens with zero attached hydrogens (tertiary/aromatic N) is 2. The summed E-state index contributed by atoms with van der Waals surface area (Å²) in [6.45, 7) is 6.52. The first kappa shape index (κ1) is 19.7. The Labute approximate surface area is 158 Å². The minimum absolute atomic E-state index is 0.0508. The highest BCUT2D eigenvalue weighted by atomic mass is 32.2. The number of hydrogen-bond acceptors (Lipinski definition) is 6. The normalized spacial score (nSPS) is 12.2. The van der Waals surface area contributed by atoms with E-state index in [-0.39, 0.29) is 11.9 Å². The number of benzene rings is 1. The number of anilines is 2. The molecule has 5 nitrogen and oxygen atoms in total. The van der Waals surface area contributed by atoms with E-state index < -0.39 is 0 Å². The number of thioether (sulfide) groups is 1. The van der Waals surface area contributed by atoms with Crippen LogP contribution in [-0.2, 0) is 4.79 Å². The zero-order valence-electron chi connectivity index (χ0n) is 15.0. The van der Waals surface area contributed by atoms with Crippen molar-refractivity contribution >= 4 is 39.8 Å². The van der Waals surface area contributed by atoms with E-state index in [0.29, 0.717) is 5.75 Å². The van der Waals surface area contributed by atoms with Gasteiger partial charge in [-0.25, -0.2) is 0 Å². The number of carbonyl (C=O) groups excluding carboxylic acids is 1. The van der Waals surface area contributed by atoms with Gasteiger partial charge in [-0.3, -0.25) is 4.79 Å². The second-order valence-corrected chi connectivity index (χ2v) is 8.65. The van der Waals surface area contributed by atoms with Crippen LogP contribution in [0.25, 0.3) is 0 Å². The van der Waals surface area contributed by atoms with Crippen LogP contribution in [0.15, 0.2) is 34.7 Å². The van der Waals surface area contributed by atoms with Gasteiger partial charge in [0.05, 0.1) is 5.75 Å². The smallest absolute Gasteiger partial charge is 0.230 e. The molecule has 0 saturated carbocycles. The Morgan fingerprint density at radius 2 is 1.92 bits per heavy atom.